The molecule has 9 heteroatoms. The number of halogens is 1. The molecular weight excluding hydrogens is 491 g/mol. The van der Waals surface area contributed by atoms with Gasteiger partial charge in [-0.05, 0) is 42.8 Å². The van der Waals surface area contributed by atoms with Crippen LogP contribution >= 0.6 is 11.3 Å². The molecule has 0 radical (unpaired) electrons. The van der Waals surface area contributed by atoms with Crippen molar-refractivity contribution in [2.45, 2.75) is 19.9 Å². The van der Waals surface area contributed by atoms with Crippen molar-refractivity contribution in [3.8, 4) is 17.1 Å². The number of carbonyl (C=O) groups is 1. The van der Waals surface area contributed by atoms with Crippen LogP contribution in [0.4, 0.5) is 10.1 Å². The average molecular weight is 513 g/mol. The Bertz CT molecular complexity index is 1760. The van der Waals surface area contributed by atoms with Crippen molar-refractivity contribution < 1.29 is 13.9 Å². The second kappa shape index (κ2) is 9.25. The Kier molecular flexibility index (Phi) is 5.77. The fraction of sp³-hybridized carbons (Fsp3) is 0.143. The highest BCUT2D eigenvalue weighted by atomic mass is 32.1. The van der Waals surface area contributed by atoms with Gasteiger partial charge < -0.3 is 9.64 Å². The molecule has 0 saturated heterocycles. The Balaban J connectivity index is 1.41. The van der Waals surface area contributed by atoms with Gasteiger partial charge in [-0.2, -0.15) is 9.50 Å². The number of rotatable bonds is 6. The van der Waals surface area contributed by atoms with Gasteiger partial charge in [0.05, 0.1) is 24.4 Å². The summed E-state index contributed by atoms with van der Waals surface area (Å²) in [5.41, 5.74) is 2.30. The maximum Gasteiger partial charge on any atom is 0.291 e. The number of thiazole rings is 1. The topological polar surface area (TPSA) is 76.8 Å². The second-order valence-corrected chi connectivity index (χ2v) is 9.59. The number of hydrogen-bond acceptors (Lipinski definition) is 6. The lowest BCUT2D eigenvalue weighted by Crippen LogP contribution is -2.32. The van der Waals surface area contributed by atoms with Crippen LogP contribution in [0.1, 0.15) is 24.5 Å². The van der Waals surface area contributed by atoms with Crippen molar-refractivity contribution in [1.82, 2.24) is 14.6 Å². The zero-order chi connectivity index (χ0) is 25.5. The second-order valence-electron chi connectivity index (χ2n) is 8.61. The highest BCUT2D eigenvalue weighted by Crippen LogP contribution is 2.36. The summed E-state index contributed by atoms with van der Waals surface area (Å²) in [6, 6.07) is 21.0. The summed E-state index contributed by atoms with van der Waals surface area (Å²) >= 11 is 1.12. The highest BCUT2D eigenvalue weighted by molar-refractivity contribution is 7.15. The number of nitrogens with zero attached hydrogens (tertiary/aromatic N) is 4. The summed E-state index contributed by atoms with van der Waals surface area (Å²) < 4.78 is 21.5. The molecule has 1 aliphatic heterocycles. The maximum absolute atomic E-state index is 14.4. The van der Waals surface area contributed by atoms with Gasteiger partial charge in [-0.1, -0.05) is 54.7 Å². The van der Waals surface area contributed by atoms with Crippen molar-refractivity contribution in [3.05, 3.63) is 105 Å². The summed E-state index contributed by atoms with van der Waals surface area (Å²) in [7, 11) is 0. The van der Waals surface area contributed by atoms with E-state index in [1.165, 1.54) is 15.5 Å². The third-order valence-electron chi connectivity index (χ3n) is 6.18. The van der Waals surface area contributed by atoms with Crippen LogP contribution in [0.5, 0.6) is 5.75 Å². The molecule has 6 rings (SSSR count). The molecule has 5 aromatic rings. The van der Waals surface area contributed by atoms with Gasteiger partial charge in [-0.3, -0.25) is 9.59 Å². The van der Waals surface area contributed by atoms with E-state index in [-0.39, 0.29) is 28.4 Å². The van der Waals surface area contributed by atoms with Gasteiger partial charge >= 0.3 is 0 Å². The van der Waals surface area contributed by atoms with E-state index in [9.17, 15) is 14.0 Å². The maximum atomic E-state index is 14.4. The van der Waals surface area contributed by atoms with E-state index in [2.05, 4.69) is 10.1 Å². The Morgan fingerprint density at radius 3 is 2.49 bits per heavy atom. The summed E-state index contributed by atoms with van der Waals surface area (Å²) in [5, 5.41) is 4.42. The minimum absolute atomic E-state index is 0.0586. The number of amides is 1. The number of para-hydroxylation sites is 1. The first kappa shape index (κ1) is 23.1. The number of ether oxygens (including phenoxy) is 1. The predicted octanol–water partition coefficient (Wildman–Crippen LogP) is 4.21. The van der Waals surface area contributed by atoms with Crippen LogP contribution in [0.15, 0.2) is 77.6 Å². The number of carbonyl (C=O) groups excluding carboxylic acids is 1. The monoisotopic (exact) mass is 512 g/mol. The first-order chi connectivity index (χ1) is 18.0. The molecule has 0 saturated carbocycles. The van der Waals surface area contributed by atoms with Gasteiger partial charge in [0.2, 0.25) is 4.96 Å². The van der Waals surface area contributed by atoms with Crippen LogP contribution in [0.25, 0.3) is 21.9 Å². The Morgan fingerprint density at radius 2 is 1.73 bits per heavy atom. The number of benzene rings is 3. The Morgan fingerprint density at radius 1 is 0.973 bits per heavy atom. The molecule has 1 amide bonds. The molecule has 184 valence electrons. The van der Waals surface area contributed by atoms with Crippen molar-refractivity contribution in [3.63, 3.8) is 0 Å². The lowest BCUT2D eigenvalue weighted by molar-refractivity contribution is -0.113. The van der Waals surface area contributed by atoms with Crippen molar-refractivity contribution >= 4 is 33.5 Å². The van der Waals surface area contributed by atoms with Crippen LogP contribution in [-0.2, 0) is 11.3 Å². The average Bonchev–Trinajstić information content (AvgIpc) is 3.55. The number of anilines is 1. The first-order valence-electron chi connectivity index (χ1n) is 11.9. The molecule has 0 aliphatic carbocycles. The molecule has 0 spiro atoms. The third-order valence-corrected chi connectivity index (χ3v) is 7.21. The normalized spacial score (nSPS) is 14.4. The summed E-state index contributed by atoms with van der Waals surface area (Å²) in [6.07, 6.45) is 0.919. The van der Waals surface area contributed by atoms with E-state index < -0.39 is 5.56 Å². The molecule has 3 heterocycles. The molecule has 0 fully saturated rings. The summed E-state index contributed by atoms with van der Waals surface area (Å²) in [5.74, 6) is 0.436. The van der Waals surface area contributed by atoms with E-state index in [1.807, 2.05) is 43.3 Å². The fourth-order valence-corrected chi connectivity index (χ4v) is 5.38. The lowest BCUT2D eigenvalue weighted by atomic mass is 10.1. The van der Waals surface area contributed by atoms with Gasteiger partial charge in [-0.15, -0.1) is 5.10 Å². The predicted molar refractivity (Wildman–Crippen MR) is 140 cm³/mol. The minimum Gasteiger partial charge on any atom is -0.494 e. The molecule has 0 unspecified atom stereocenters. The van der Waals surface area contributed by atoms with Gasteiger partial charge in [0.15, 0.2) is 5.82 Å². The van der Waals surface area contributed by atoms with Crippen LogP contribution < -0.4 is 19.7 Å². The smallest absolute Gasteiger partial charge is 0.291 e. The van der Waals surface area contributed by atoms with Crippen LogP contribution in [-0.4, -0.2) is 27.1 Å². The van der Waals surface area contributed by atoms with E-state index in [0.29, 0.717) is 34.2 Å². The quantitative estimate of drug-likeness (QED) is 0.341. The number of fused-ring (bicyclic) bond motifs is 2. The molecule has 7 nitrogen and oxygen atoms in total. The Labute approximate surface area is 215 Å². The van der Waals surface area contributed by atoms with E-state index >= 15 is 0 Å². The van der Waals surface area contributed by atoms with Gasteiger partial charge in [0.25, 0.3) is 11.5 Å². The van der Waals surface area contributed by atoms with Gasteiger partial charge in [-0.25, -0.2) is 4.39 Å². The first-order valence-corrected chi connectivity index (χ1v) is 12.7. The largest absolute Gasteiger partial charge is 0.494 e. The zero-order valence-electron chi connectivity index (χ0n) is 19.8. The lowest BCUT2D eigenvalue weighted by Gasteiger charge is -2.17. The number of aromatic nitrogens is 3. The minimum atomic E-state index is -0.410. The molecule has 37 heavy (non-hydrogen) atoms. The molecule has 0 bridgehead atoms. The fourth-order valence-electron chi connectivity index (χ4n) is 4.38. The van der Waals surface area contributed by atoms with Crippen molar-refractivity contribution in [2.75, 3.05) is 11.5 Å². The molecule has 1 aliphatic rings. The number of hydrogen-bond donors (Lipinski definition) is 0. The SMILES string of the molecule is CCCOc1ccc(-c2nc3s/c(=C4\C(=O)N(Cc5ccccc5F)c5ccccc54)c(=O)n3n2)cc1. The van der Waals surface area contributed by atoms with Crippen LogP contribution in [0.2, 0.25) is 0 Å². The summed E-state index contributed by atoms with van der Waals surface area (Å²) in [4.78, 5) is 33.5. The van der Waals surface area contributed by atoms with Crippen molar-refractivity contribution in [2.24, 2.45) is 0 Å². The molecule has 0 N–H and O–H groups in total. The van der Waals surface area contributed by atoms with E-state index in [0.717, 1.165) is 29.1 Å². The zero-order valence-corrected chi connectivity index (χ0v) is 20.7. The third kappa shape index (κ3) is 3.97. The van der Waals surface area contributed by atoms with Crippen molar-refractivity contribution in [1.29, 1.82) is 0 Å². The summed E-state index contributed by atoms with van der Waals surface area (Å²) in [6.45, 7) is 2.74. The Hall–Kier alpha value is -4.37. The molecule has 3 aromatic carbocycles. The van der Waals surface area contributed by atoms with Crippen LogP contribution in [0.3, 0.4) is 0 Å². The van der Waals surface area contributed by atoms with Gasteiger partial charge in [0.1, 0.15) is 16.1 Å². The highest BCUT2D eigenvalue weighted by Gasteiger charge is 2.34. The standard InChI is InChI=1S/C28H21FN4O3S/c1-2-15-36-19-13-11-17(12-14-19)25-30-28-33(31-25)27(35)24(37-28)23-20-8-4-6-10-22(20)32(26(23)34)16-18-7-3-5-9-21(18)29/h3-14H,2,15-16H2,1H3/b24-23-. The van der Waals surface area contributed by atoms with E-state index in [1.54, 1.807) is 30.3 Å². The molecular formula is C28H21FN4O3S. The van der Waals surface area contributed by atoms with E-state index in [4.69, 9.17) is 4.74 Å². The van der Waals surface area contributed by atoms with Gasteiger partial charge in [0, 0.05) is 16.7 Å². The van der Waals surface area contributed by atoms with Crippen LogP contribution in [0, 0.1) is 5.82 Å². The molecule has 0 atom stereocenters. The molecule has 2 aromatic heterocycles.